The van der Waals surface area contributed by atoms with E-state index in [4.69, 9.17) is 19.3 Å². The normalized spacial score (nSPS) is 11.1. The second-order valence-corrected chi connectivity index (χ2v) is 7.03. The number of nitrogens with zero attached hydrogens (tertiary/aromatic N) is 1. The van der Waals surface area contributed by atoms with E-state index in [1.165, 1.54) is 6.42 Å². The van der Waals surface area contributed by atoms with Crippen LogP contribution in [0, 0.1) is 11.3 Å². The van der Waals surface area contributed by atoms with Gasteiger partial charge in [-0.1, -0.05) is 25.7 Å². The Hall–Kier alpha value is -2.97. The number of nitriles is 1. The predicted octanol–water partition coefficient (Wildman–Crippen LogP) is 5.48. The summed E-state index contributed by atoms with van der Waals surface area (Å²) in [5.41, 5.74) is 2.22. The summed E-state index contributed by atoms with van der Waals surface area (Å²) in [5, 5.41) is 18.4. The highest BCUT2D eigenvalue weighted by Gasteiger charge is 2.05. The zero-order chi connectivity index (χ0) is 21.6. The molecule has 30 heavy (non-hydrogen) atoms. The van der Waals surface area contributed by atoms with Crippen LogP contribution in [0.5, 0.6) is 17.2 Å². The summed E-state index contributed by atoms with van der Waals surface area (Å²) in [5.74, 6) is 2.16. The summed E-state index contributed by atoms with van der Waals surface area (Å²) in [4.78, 5) is 0. The second kappa shape index (κ2) is 13.3. The van der Waals surface area contributed by atoms with Gasteiger partial charge in [0.2, 0.25) is 0 Å². The largest absolute Gasteiger partial charge is 0.497 e. The van der Waals surface area contributed by atoms with Crippen molar-refractivity contribution in [2.45, 2.75) is 38.5 Å². The van der Waals surface area contributed by atoms with Crippen molar-refractivity contribution in [3.8, 4) is 23.3 Å². The maximum absolute atomic E-state index is 9.62. The van der Waals surface area contributed by atoms with Gasteiger partial charge in [0.1, 0.15) is 17.2 Å². The van der Waals surface area contributed by atoms with Crippen molar-refractivity contribution in [2.75, 3.05) is 27.4 Å². The molecule has 0 bridgehead atoms. The van der Waals surface area contributed by atoms with E-state index in [0.717, 1.165) is 49.0 Å². The van der Waals surface area contributed by atoms with Crippen molar-refractivity contribution in [3.05, 3.63) is 53.6 Å². The Labute approximate surface area is 179 Å². The van der Waals surface area contributed by atoms with E-state index in [0.29, 0.717) is 23.7 Å². The number of hydrogen-bond acceptors (Lipinski definition) is 5. The first-order valence-corrected chi connectivity index (χ1v) is 10.4. The molecule has 0 heterocycles. The average molecular weight is 410 g/mol. The van der Waals surface area contributed by atoms with Crippen molar-refractivity contribution < 1.29 is 19.3 Å². The van der Waals surface area contributed by atoms with E-state index in [-0.39, 0.29) is 6.61 Å². The van der Waals surface area contributed by atoms with Crippen molar-refractivity contribution >= 4 is 11.6 Å². The van der Waals surface area contributed by atoms with Gasteiger partial charge in [0.15, 0.2) is 0 Å². The van der Waals surface area contributed by atoms with Crippen LogP contribution in [0.15, 0.2) is 42.5 Å². The highest BCUT2D eigenvalue weighted by atomic mass is 16.5. The number of methoxy groups -OCH3 is 2. The van der Waals surface area contributed by atoms with Gasteiger partial charge in [-0.3, -0.25) is 0 Å². The first-order chi connectivity index (χ1) is 14.7. The zero-order valence-corrected chi connectivity index (χ0v) is 17.9. The van der Waals surface area contributed by atoms with Gasteiger partial charge >= 0.3 is 0 Å². The minimum absolute atomic E-state index is 0.287. The molecule has 0 aliphatic heterocycles. The molecule has 0 fully saturated rings. The molecule has 0 saturated heterocycles. The number of allylic oxidation sites excluding steroid dienone is 1. The molecule has 160 valence electrons. The number of aliphatic hydroxyl groups excluding tert-OH is 1. The quantitative estimate of drug-likeness (QED) is 0.269. The van der Waals surface area contributed by atoms with Gasteiger partial charge in [0.25, 0.3) is 0 Å². The van der Waals surface area contributed by atoms with Crippen LogP contribution in [-0.2, 0) is 0 Å². The summed E-state index contributed by atoms with van der Waals surface area (Å²) in [7, 11) is 3.20. The zero-order valence-electron chi connectivity index (χ0n) is 17.9. The molecule has 0 atom stereocenters. The Morgan fingerprint density at radius 1 is 0.867 bits per heavy atom. The van der Waals surface area contributed by atoms with Crippen molar-refractivity contribution in [1.82, 2.24) is 0 Å². The van der Waals surface area contributed by atoms with Gasteiger partial charge in [0.05, 0.1) is 32.5 Å². The van der Waals surface area contributed by atoms with E-state index in [1.807, 2.05) is 42.5 Å². The fraction of sp³-hybridized carbons (Fsp3) is 0.400. The topological polar surface area (TPSA) is 71.7 Å². The first-order valence-electron chi connectivity index (χ1n) is 10.4. The maximum Gasteiger partial charge on any atom is 0.123 e. The lowest BCUT2D eigenvalue weighted by atomic mass is 10.0. The fourth-order valence-electron chi connectivity index (χ4n) is 3.10. The summed E-state index contributed by atoms with van der Waals surface area (Å²) < 4.78 is 16.4. The maximum atomic E-state index is 9.62. The highest BCUT2D eigenvalue weighted by molar-refractivity contribution is 5.90. The number of ether oxygens (including phenoxy) is 3. The average Bonchev–Trinajstić information content (AvgIpc) is 2.79. The van der Waals surface area contributed by atoms with E-state index < -0.39 is 0 Å². The van der Waals surface area contributed by atoms with Gasteiger partial charge < -0.3 is 19.3 Å². The number of unbranched alkanes of at least 4 members (excludes halogenated alkanes) is 5. The molecule has 0 amide bonds. The summed E-state index contributed by atoms with van der Waals surface area (Å²) >= 11 is 0. The summed E-state index contributed by atoms with van der Waals surface area (Å²) in [6.45, 7) is 0.972. The minimum atomic E-state index is 0.287. The van der Waals surface area contributed by atoms with E-state index in [1.54, 1.807) is 20.3 Å². The highest BCUT2D eigenvalue weighted by Crippen LogP contribution is 2.26. The standard InChI is InChI=1S/C25H31NO4/c1-28-24-16-20(17-25(18-24)29-2)15-22(19-26)21-9-11-23(12-10-21)30-14-8-6-4-3-5-7-13-27/h9-12,15-18,27H,3-8,13-14H2,1-2H3/b22-15+. The number of rotatable bonds is 13. The second-order valence-electron chi connectivity index (χ2n) is 7.03. The number of aliphatic hydroxyl groups is 1. The van der Waals surface area contributed by atoms with Crippen molar-refractivity contribution in [2.24, 2.45) is 0 Å². The summed E-state index contributed by atoms with van der Waals surface area (Å²) in [6.07, 6.45) is 8.29. The molecule has 1 N–H and O–H groups in total. The molecule has 2 rings (SSSR count). The molecular weight excluding hydrogens is 378 g/mol. The SMILES string of the molecule is COc1cc(/C=C(\C#N)c2ccc(OCCCCCCCCO)cc2)cc(OC)c1. The van der Waals surface area contributed by atoms with E-state index in [9.17, 15) is 5.26 Å². The fourth-order valence-corrected chi connectivity index (χ4v) is 3.10. The molecule has 2 aromatic carbocycles. The minimum Gasteiger partial charge on any atom is -0.497 e. The van der Waals surface area contributed by atoms with Crippen LogP contribution in [0.2, 0.25) is 0 Å². The summed E-state index contributed by atoms with van der Waals surface area (Å²) in [6, 6.07) is 15.4. The monoisotopic (exact) mass is 409 g/mol. The lowest BCUT2D eigenvalue weighted by Crippen LogP contribution is -1.97. The molecule has 0 unspecified atom stereocenters. The number of hydrogen-bond donors (Lipinski definition) is 1. The van der Waals surface area contributed by atoms with Gasteiger partial charge in [-0.15, -0.1) is 0 Å². The third kappa shape index (κ3) is 7.81. The third-order valence-corrected chi connectivity index (χ3v) is 4.79. The molecule has 0 spiro atoms. The Balaban J connectivity index is 1.92. The molecular formula is C25H31NO4. The molecule has 0 radical (unpaired) electrons. The molecule has 0 aliphatic rings. The molecule has 0 aliphatic carbocycles. The van der Waals surface area contributed by atoms with Crippen molar-refractivity contribution in [3.63, 3.8) is 0 Å². The van der Waals surface area contributed by atoms with Crippen molar-refractivity contribution in [1.29, 1.82) is 5.26 Å². The van der Waals surface area contributed by atoms with Crippen LogP contribution in [0.3, 0.4) is 0 Å². The van der Waals surface area contributed by atoms with Crippen LogP contribution in [-0.4, -0.2) is 32.5 Å². The lowest BCUT2D eigenvalue weighted by Gasteiger charge is -2.08. The lowest BCUT2D eigenvalue weighted by molar-refractivity contribution is 0.280. The van der Waals surface area contributed by atoms with Crippen LogP contribution in [0.25, 0.3) is 11.6 Å². The molecule has 0 saturated carbocycles. The Bertz CT molecular complexity index is 815. The van der Waals surface area contributed by atoms with Gasteiger partial charge in [-0.05, 0) is 66.4 Å². The van der Waals surface area contributed by atoms with Crippen LogP contribution >= 0.6 is 0 Å². The van der Waals surface area contributed by atoms with Crippen LogP contribution in [0.4, 0.5) is 0 Å². The number of benzene rings is 2. The van der Waals surface area contributed by atoms with E-state index >= 15 is 0 Å². The Kier molecular flexibility index (Phi) is 10.3. The van der Waals surface area contributed by atoms with Crippen LogP contribution in [0.1, 0.15) is 49.7 Å². The van der Waals surface area contributed by atoms with Gasteiger partial charge in [0, 0.05) is 12.7 Å². The Morgan fingerprint density at radius 2 is 1.47 bits per heavy atom. The van der Waals surface area contributed by atoms with Crippen LogP contribution < -0.4 is 14.2 Å². The predicted molar refractivity (Wildman–Crippen MR) is 120 cm³/mol. The first kappa shape index (κ1) is 23.3. The molecule has 0 aromatic heterocycles. The molecule has 5 nitrogen and oxygen atoms in total. The van der Waals surface area contributed by atoms with Gasteiger partial charge in [-0.25, -0.2) is 0 Å². The third-order valence-electron chi connectivity index (χ3n) is 4.79. The molecule has 2 aromatic rings. The van der Waals surface area contributed by atoms with E-state index in [2.05, 4.69) is 6.07 Å². The smallest absolute Gasteiger partial charge is 0.123 e. The Morgan fingerprint density at radius 3 is 2.03 bits per heavy atom. The van der Waals surface area contributed by atoms with Gasteiger partial charge in [-0.2, -0.15) is 5.26 Å². The molecule has 5 heteroatoms.